The SMILES string of the molecule is O=C(/C=C/c1ccc(I)o1)OCc1ccc(C(=O)N2CCCC2)cc1. The predicted octanol–water partition coefficient (Wildman–Crippen LogP) is 3.88. The highest BCUT2D eigenvalue weighted by Crippen LogP contribution is 2.14. The van der Waals surface area contributed by atoms with Gasteiger partial charge in [0.1, 0.15) is 12.4 Å². The van der Waals surface area contributed by atoms with Crippen LogP contribution in [0.1, 0.15) is 34.5 Å². The van der Waals surface area contributed by atoms with Gasteiger partial charge in [-0.05, 0) is 71.3 Å². The Bertz CT molecular complexity index is 773. The summed E-state index contributed by atoms with van der Waals surface area (Å²) in [5.74, 6) is 0.229. The number of benzene rings is 1. The van der Waals surface area contributed by atoms with Gasteiger partial charge in [0.05, 0.1) is 0 Å². The summed E-state index contributed by atoms with van der Waals surface area (Å²) in [4.78, 5) is 25.9. The van der Waals surface area contributed by atoms with Crippen molar-refractivity contribution < 1.29 is 18.7 Å². The number of furan rings is 1. The van der Waals surface area contributed by atoms with Crippen molar-refractivity contribution in [1.29, 1.82) is 0 Å². The average molecular weight is 451 g/mol. The zero-order chi connectivity index (χ0) is 17.6. The van der Waals surface area contributed by atoms with Crippen molar-refractivity contribution >= 4 is 40.5 Å². The number of rotatable bonds is 5. The zero-order valence-corrected chi connectivity index (χ0v) is 15.8. The van der Waals surface area contributed by atoms with E-state index >= 15 is 0 Å². The summed E-state index contributed by atoms with van der Waals surface area (Å²) in [7, 11) is 0. The van der Waals surface area contributed by atoms with E-state index in [1.807, 2.05) is 23.1 Å². The maximum Gasteiger partial charge on any atom is 0.331 e. The van der Waals surface area contributed by atoms with Crippen LogP contribution in [0.15, 0.2) is 46.9 Å². The van der Waals surface area contributed by atoms with E-state index in [1.54, 1.807) is 24.3 Å². The topological polar surface area (TPSA) is 59.8 Å². The number of carbonyl (C=O) groups excluding carboxylic acids is 2. The largest absolute Gasteiger partial charge is 0.458 e. The Kier molecular flexibility index (Phi) is 5.91. The van der Waals surface area contributed by atoms with Crippen molar-refractivity contribution in [2.75, 3.05) is 13.1 Å². The van der Waals surface area contributed by atoms with Crippen LogP contribution in [0.4, 0.5) is 0 Å². The molecule has 0 N–H and O–H groups in total. The summed E-state index contributed by atoms with van der Waals surface area (Å²) >= 11 is 2.06. The van der Waals surface area contributed by atoms with Gasteiger partial charge in [-0.15, -0.1) is 0 Å². The number of hydrogen-bond donors (Lipinski definition) is 0. The molecule has 1 fully saturated rings. The fourth-order valence-corrected chi connectivity index (χ4v) is 3.05. The number of likely N-dealkylation sites (tertiary alicyclic amines) is 1. The van der Waals surface area contributed by atoms with E-state index in [0.29, 0.717) is 11.3 Å². The van der Waals surface area contributed by atoms with Crippen LogP contribution in [-0.4, -0.2) is 29.9 Å². The van der Waals surface area contributed by atoms with Crippen molar-refractivity contribution in [3.63, 3.8) is 0 Å². The molecular formula is C19H18INO4. The average Bonchev–Trinajstić information content (AvgIpc) is 3.30. The molecule has 2 heterocycles. The minimum absolute atomic E-state index is 0.0667. The third-order valence-corrected chi connectivity index (χ3v) is 4.53. The van der Waals surface area contributed by atoms with Gasteiger partial charge < -0.3 is 14.1 Å². The zero-order valence-electron chi connectivity index (χ0n) is 13.6. The molecule has 6 heteroatoms. The minimum atomic E-state index is -0.441. The van der Waals surface area contributed by atoms with E-state index < -0.39 is 5.97 Å². The molecule has 0 atom stereocenters. The molecule has 130 valence electrons. The van der Waals surface area contributed by atoms with E-state index in [-0.39, 0.29) is 12.5 Å². The normalized spacial score (nSPS) is 14.2. The Morgan fingerprint density at radius 3 is 2.48 bits per heavy atom. The first-order chi connectivity index (χ1) is 12.1. The molecule has 0 unspecified atom stereocenters. The van der Waals surface area contributed by atoms with Gasteiger partial charge >= 0.3 is 5.97 Å². The summed E-state index contributed by atoms with van der Waals surface area (Å²) in [5.41, 5.74) is 1.51. The highest BCUT2D eigenvalue weighted by Gasteiger charge is 2.19. The van der Waals surface area contributed by atoms with Gasteiger partial charge in [0.25, 0.3) is 5.91 Å². The van der Waals surface area contributed by atoms with Crippen molar-refractivity contribution in [1.82, 2.24) is 4.90 Å². The maximum absolute atomic E-state index is 12.3. The van der Waals surface area contributed by atoms with Crippen molar-refractivity contribution in [2.24, 2.45) is 0 Å². The number of nitrogens with zero attached hydrogens (tertiary/aromatic N) is 1. The first-order valence-electron chi connectivity index (χ1n) is 8.10. The molecule has 3 rings (SSSR count). The number of amides is 1. The summed E-state index contributed by atoms with van der Waals surface area (Å²) in [6.45, 7) is 1.83. The molecular weight excluding hydrogens is 433 g/mol. The van der Waals surface area contributed by atoms with Gasteiger partial charge in [-0.1, -0.05) is 12.1 Å². The maximum atomic E-state index is 12.3. The lowest BCUT2D eigenvalue weighted by atomic mass is 10.1. The molecule has 0 spiro atoms. The van der Waals surface area contributed by atoms with Crippen LogP contribution in [0.25, 0.3) is 6.08 Å². The van der Waals surface area contributed by atoms with Gasteiger partial charge in [0.2, 0.25) is 0 Å². The van der Waals surface area contributed by atoms with Gasteiger partial charge in [-0.3, -0.25) is 4.79 Å². The number of esters is 1. The van der Waals surface area contributed by atoms with E-state index in [4.69, 9.17) is 9.15 Å². The molecule has 0 bridgehead atoms. The van der Waals surface area contributed by atoms with Crippen LogP contribution in [0.5, 0.6) is 0 Å². The van der Waals surface area contributed by atoms with Gasteiger partial charge in [0.15, 0.2) is 3.77 Å². The Morgan fingerprint density at radius 2 is 1.84 bits per heavy atom. The molecule has 1 saturated heterocycles. The van der Waals surface area contributed by atoms with E-state index in [0.717, 1.165) is 35.3 Å². The quantitative estimate of drug-likeness (QED) is 0.394. The second-order valence-electron chi connectivity index (χ2n) is 5.78. The molecule has 0 aliphatic carbocycles. The third-order valence-electron chi connectivity index (χ3n) is 3.95. The van der Waals surface area contributed by atoms with Crippen molar-refractivity contribution in [2.45, 2.75) is 19.4 Å². The Balaban J connectivity index is 1.50. The van der Waals surface area contributed by atoms with Crippen molar-refractivity contribution in [3.05, 3.63) is 63.1 Å². The van der Waals surface area contributed by atoms with Crippen LogP contribution in [0.2, 0.25) is 0 Å². The number of carbonyl (C=O) groups is 2. The molecule has 25 heavy (non-hydrogen) atoms. The van der Waals surface area contributed by atoms with Crippen LogP contribution in [-0.2, 0) is 16.1 Å². The Morgan fingerprint density at radius 1 is 1.12 bits per heavy atom. The fourth-order valence-electron chi connectivity index (χ4n) is 2.62. The number of hydrogen-bond acceptors (Lipinski definition) is 4. The summed E-state index contributed by atoms with van der Waals surface area (Å²) in [5, 5.41) is 0. The summed E-state index contributed by atoms with van der Waals surface area (Å²) in [6.07, 6.45) is 5.05. The standard InChI is InChI=1S/C19H18INO4/c20-17-9-7-16(25-17)8-10-18(22)24-13-14-3-5-15(6-4-14)19(23)21-11-1-2-12-21/h3-10H,1-2,11-13H2/b10-8+. The minimum Gasteiger partial charge on any atom is -0.458 e. The lowest BCUT2D eigenvalue weighted by Crippen LogP contribution is -2.27. The van der Waals surface area contributed by atoms with E-state index in [1.165, 1.54) is 6.08 Å². The Labute approximate surface area is 159 Å². The highest BCUT2D eigenvalue weighted by atomic mass is 127. The van der Waals surface area contributed by atoms with Crippen LogP contribution in [0, 0.1) is 3.77 Å². The smallest absolute Gasteiger partial charge is 0.331 e. The number of halogens is 1. The molecule has 1 amide bonds. The molecule has 1 aliphatic heterocycles. The number of ether oxygens (including phenoxy) is 1. The molecule has 1 aliphatic rings. The van der Waals surface area contributed by atoms with Gasteiger partial charge in [-0.25, -0.2) is 4.79 Å². The molecule has 0 radical (unpaired) electrons. The molecule has 0 saturated carbocycles. The second-order valence-corrected chi connectivity index (χ2v) is 6.84. The lowest BCUT2D eigenvalue weighted by molar-refractivity contribution is -0.138. The first-order valence-corrected chi connectivity index (χ1v) is 9.18. The summed E-state index contributed by atoms with van der Waals surface area (Å²) in [6, 6.07) is 10.8. The highest BCUT2D eigenvalue weighted by molar-refractivity contribution is 14.1. The van der Waals surface area contributed by atoms with E-state index in [2.05, 4.69) is 22.6 Å². The fraction of sp³-hybridized carbons (Fsp3) is 0.263. The summed E-state index contributed by atoms with van der Waals surface area (Å²) < 4.78 is 11.3. The second kappa shape index (κ2) is 8.33. The van der Waals surface area contributed by atoms with Crippen molar-refractivity contribution in [3.8, 4) is 0 Å². The van der Waals surface area contributed by atoms with Gasteiger partial charge in [-0.2, -0.15) is 0 Å². The first kappa shape index (κ1) is 17.7. The van der Waals surface area contributed by atoms with Crippen LogP contribution in [0.3, 0.4) is 0 Å². The third kappa shape index (κ3) is 4.94. The monoisotopic (exact) mass is 451 g/mol. The predicted molar refractivity (Wildman–Crippen MR) is 102 cm³/mol. The lowest BCUT2D eigenvalue weighted by Gasteiger charge is -2.15. The van der Waals surface area contributed by atoms with Crippen LogP contribution >= 0.6 is 22.6 Å². The Hall–Kier alpha value is -2.09. The molecule has 2 aromatic rings. The van der Waals surface area contributed by atoms with E-state index in [9.17, 15) is 9.59 Å². The van der Waals surface area contributed by atoms with Crippen LogP contribution < -0.4 is 0 Å². The molecule has 1 aromatic heterocycles. The molecule has 5 nitrogen and oxygen atoms in total. The van der Waals surface area contributed by atoms with Gasteiger partial charge in [0, 0.05) is 24.7 Å². The molecule has 1 aromatic carbocycles.